The number of amides is 5. The number of unbranched alkanes of at least 4 members (excludes halogenated alkanes) is 1. The van der Waals surface area contributed by atoms with Gasteiger partial charge in [-0.05, 0) is 105 Å². The van der Waals surface area contributed by atoms with Crippen molar-refractivity contribution in [3.05, 3.63) is 95.5 Å². The lowest BCUT2D eigenvalue weighted by atomic mass is 9.51. The van der Waals surface area contributed by atoms with Gasteiger partial charge in [-0.15, -0.1) is 0 Å². The number of alkyl carbamates (subject to hydrolysis) is 1. The van der Waals surface area contributed by atoms with E-state index in [1.165, 1.54) is 18.4 Å². The number of hydrogen-bond acceptors (Lipinski definition) is 8. The summed E-state index contributed by atoms with van der Waals surface area (Å²) in [7, 11) is 1.31. The number of piperidine rings is 1. The van der Waals surface area contributed by atoms with Crippen LogP contribution in [-0.2, 0) is 31.6 Å². The molecule has 9 rings (SSSR count). The number of urea groups is 1. The number of carbonyl (C=O) groups excluding carboxylic acids is 4. The predicted octanol–water partition coefficient (Wildman–Crippen LogP) is 6.73. The van der Waals surface area contributed by atoms with Gasteiger partial charge >= 0.3 is 12.1 Å². The first-order chi connectivity index (χ1) is 31.0. The van der Waals surface area contributed by atoms with Crippen LogP contribution in [0.25, 0.3) is 11.3 Å². The molecule has 2 saturated heterocycles. The summed E-state index contributed by atoms with van der Waals surface area (Å²) in [4.78, 5) is 72.4. The maximum Gasteiger partial charge on any atom is 0.407 e. The highest BCUT2D eigenvalue weighted by molar-refractivity contribution is 5.88. The molecule has 5 amide bonds. The fourth-order valence-electron chi connectivity index (χ4n) is 10.6. The Balaban J connectivity index is 0.809. The molecule has 3 saturated carbocycles. The fourth-order valence-corrected chi connectivity index (χ4v) is 10.6. The molecule has 15 nitrogen and oxygen atoms in total. The van der Waals surface area contributed by atoms with E-state index in [0.717, 1.165) is 99.1 Å². The van der Waals surface area contributed by atoms with Gasteiger partial charge in [0.15, 0.2) is 0 Å². The number of methoxy groups -OCH3 is 1. The third-order valence-corrected chi connectivity index (χ3v) is 14.6. The zero-order valence-electron chi connectivity index (χ0n) is 37.5. The zero-order valence-corrected chi connectivity index (χ0v) is 37.5. The number of nitrogens with zero attached hydrogens (tertiary/aromatic N) is 4. The van der Waals surface area contributed by atoms with E-state index >= 15 is 0 Å². The van der Waals surface area contributed by atoms with E-state index in [1.807, 2.05) is 61.5 Å². The topological polar surface area (TPSA) is 198 Å². The molecule has 64 heavy (non-hydrogen) atoms. The van der Waals surface area contributed by atoms with Crippen molar-refractivity contribution >= 4 is 23.9 Å². The average molecular weight is 876 g/mol. The number of rotatable bonds is 15. The predicted molar refractivity (Wildman–Crippen MR) is 242 cm³/mol. The van der Waals surface area contributed by atoms with E-state index in [0.29, 0.717) is 39.0 Å². The molecule has 4 heterocycles. The molecular formula is C49H65N9O6. The smallest absolute Gasteiger partial charge is 0.407 e. The molecule has 2 aliphatic heterocycles. The lowest BCUT2D eigenvalue weighted by Crippen LogP contribution is -2.51. The van der Waals surface area contributed by atoms with E-state index in [9.17, 15) is 24.3 Å². The minimum atomic E-state index is -0.807. The first-order valence-electron chi connectivity index (χ1n) is 23.4. The van der Waals surface area contributed by atoms with Crippen LogP contribution >= 0.6 is 0 Å². The third-order valence-electron chi connectivity index (χ3n) is 14.6. The Labute approximate surface area is 375 Å². The zero-order chi connectivity index (χ0) is 44.8. The van der Waals surface area contributed by atoms with Gasteiger partial charge in [-0.1, -0.05) is 68.4 Å². The van der Waals surface area contributed by atoms with E-state index in [-0.39, 0.29) is 46.7 Å². The van der Waals surface area contributed by atoms with Crippen LogP contribution in [0.3, 0.4) is 0 Å². The molecule has 5 aliphatic rings. The molecule has 4 aromatic rings. The second-order valence-corrected chi connectivity index (χ2v) is 18.9. The molecule has 0 spiro atoms. The number of aromatic nitrogens is 4. The second kappa shape index (κ2) is 19.6. The number of imidazole rings is 2. The van der Waals surface area contributed by atoms with E-state index < -0.39 is 18.2 Å². The Hall–Kier alpha value is -5.70. The first kappa shape index (κ1) is 44.9. The molecule has 6 N–H and O–H groups in total. The Morgan fingerprint density at radius 2 is 1.55 bits per heavy atom. The third kappa shape index (κ3) is 9.69. The summed E-state index contributed by atoms with van der Waals surface area (Å²) in [5.41, 5.74) is 5.62. The van der Waals surface area contributed by atoms with Crippen LogP contribution in [0.1, 0.15) is 131 Å². The molecule has 2 bridgehead atoms. The highest BCUT2D eigenvalue weighted by Gasteiger charge is 2.51. The number of ether oxygens (including phenoxy) is 1. The van der Waals surface area contributed by atoms with Crippen molar-refractivity contribution in [2.45, 2.75) is 132 Å². The fraction of sp³-hybridized carbons (Fsp3) is 0.551. The monoisotopic (exact) mass is 876 g/mol. The van der Waals surface area contributed by atoms with Crippen LogP contribution in [0.15, 0.2) is 67.0 Å². The molecule has 342 valence electrons. The van der Waals surface area contributed by atoms with Gasteiger partial charge in [-0.25, -0.2) is 19.6 Å². The van der Waals surface area contributed by atoms with Crippen LogP contribution in [0.2, 0.25) is 0 Å². The normalized spacial score (nSPS) is 23.2. The average Bonchev–Trinajstić information content (AvgIpc) is 4.13. The molecule has 0 radical (unpaired) electrons. The standard InChI is InChI=1S/C49H65N9O6/c1-32(2)41(56-47(63)64-3)45(61)58-27-9-12-38(58)43-52-31-39(54-43)49-23-20-48(21-24-49,22-25-49)35-16-14-33(15-17-35)37-30-51-40(53-37)13-7-8-26-50-44(60)42(34-10-5-4-6-11-34)55-46(62)57-28-18-36(59)19-29-57/h4-6,10-11,14-17,30-32,36,38,41-42,59H,7-9,12-13,18-29H2,1-3H3,(H,50,60)(H,51,53)(H,52,54)(H,55,62)(H,56,63). The largest absolute Gasteiger partial charge is 0.453 e. The van der Waals surface area contributed by atoms with Crippen molar-refractivity contribution in [3.63, 3.8) is 0 Å². The number of H-pyrrole nitrogens is 2. The number of carbonyl (C=O) groups is 4. The Kier molecular flexibility index (Phi) is 13.7. The van der Waals surface area contributed by atoms with Crippen LogP contribution in [0.5, 0.6) is 0 Å². The Morgan fingerprint density at radius 3 is 2.23 bits per heavy atom. The number of aromatic amines is 2. The molecule has 3 unspecified atom stereocenters. The van der Waals surface area contributed by atoms with Crippen LogP contribution in [-0.4, -0.2) is 104 Å². The minimum absolute atomic E-state index is 0.0622. The second-order valence-electron chi connectivity index (χ2n) is 18.9. The van der Waals surface area contributed by atoms with Crippen molar-refractivity contribution in [1.82, 2.24) is 45.7 Å². The van der Waals surface area contributed by atoms with Crippen LogP contribution in [0, 0.1) is 5.92 Å². The van der Waals surface area contributed by atoms with Crippen molar-refractivity contribution < 1.29 is 29.0 Å². The molecule has 5 fully saturated rings. The quantitative estimate of drug-likeness (QED) is 0.0707. The number of benzene rings is 2. The summed E-state index contributed by atoms with van der Waals surface area (Å²) in [6, 6.07) is 16.4. The van der Waals surface area contributed by atoms with Gasteiger partial charge in [0.05, 0.1) is 31.1 Å². The lowest BCUT2D eigenvalue weighted by Gasteiger charge is -2.53. The highest BCUT2D eigenvalue weighted by Crippen LogP contribution is 2.58. The lowest BCUT2D eigenvalue weighted by molar-refractivity contribution is -0.135. The Morgan fingerprint density at radius 1 is 0.844 bits per heavy atom. The summed E-state index contributed by atoms with van der Waals surface area (Å²) in [6.45, 7) is 5.90. The highest BCUT2D eigenvalue weighted by atomic mass is 16.5. The van der Waals surface area contributed by atoms with Gasteiger partial charge in [-0.2, -0.15) is 0 Å². The SMILES string of the molecule is COC(=O)NC(C(=O)N1CCCC1c1ncc(C23CCC(c4ccc(-c5cnc(CCCCNC(=O)C(NC(=O)N6CCC(O)CC6)c6ccccc6)[nH]5)cc4)(CC2)CC3)[nH]1)C(C)C. The summed E-state index contributed by atoms with van der Waals surface area (Å²) < 4.78 is 4.80. The molecule has 2 aromatic heterocycles. The van der Waals surface area contributed by atoms with Gasteiger partial charge in [0.2, 0.25) is 11.8 Å². The van der Waals surface area contributed by atoms with Crippen LogP contribution in [0.4, 0.5) is 9.59 Å². The van der Waals surface area contributed by atoms with E-state index in [2.05, 4.69) is 55.2 Å². The number of fused-ring (bicyclic) bond motifs is 3. The molecule has 2 aromatic carbocycles. The molecule has 3 atom stereocenters. The van der Waals surface area contributed by atoms with Crippen molar-refractivity contribution in [2.75, 3.05) is 33.3 Å². The number of likely N-dealkylation sites (tertiary alicyclic amines) is 2. The molecule has 15 heteroatoms. The van der Waals surface area contributed by atoms with Crippen LogP contribution < -0.4 is 16.0 Å². The van der Waals surface area contributed by atoms with Gasteiger partial charge in [0.1, 0.15) is 23.7 Å². The number of hydrogen-bond donors (Lipinski definition) is 6. The maximum atomic E-state index is 13.7. The van der Waals surface area contributed by atoms with Gasteiger partial charge < -0.3 is 45.6 Å². The van der Waals surface area contributed by atoms with Gasteiger partial charge in [0, 0.05) is 49.9 Å². The van der Waals surface area contributed by atoms with Gasteiger partial charge in [0.25, 0.3) is 0 Å². The molecule has 3 aliphatic carbocycles. The molecular weight excluding hydrogens is 811 g/mol. The maximum absolute atomic E-state index is 13.7. The van der Waals surface area contributed by atoms with Crippen molar-refractivity contribution in [2.24, 2.45) is 5.92 Å². The first-order valence-corrected chi connectivity index (χ1v) is 23.4. The van der Waals surface area contributed by atoms with Crippen molar-refractivity contribution in [3.8, 4) is 11.3 Å². The summed E-state index contributed by atoms with van der Waals surface area (Å²) in [5, 5.41) is 18.5. The summed E-state index contributed by atoms with van der Waals surface area (Å²) in [6.07, 6.45) is 14.7. The summed E-state index contributed by atoms with van der Waals surface area (Å²) in [5.74, 6) is 1.33. The number of aryl methyl sites for hydroxylation is 1. The number of aliphatic hydroxyl groups excluding tert-OH is 1. The number of nitrogens with one attached hydrogen (secondary N) is 5. The van der Waals surface area contributed by atoms with E-state index in [4.69, 9.17) is 9.72 Å². The Bertz CT molecular complexity index is 2210. The van der Waals surface area contributed by atoms with Gasteiger partial charge in [-0.3, -0.25) is 9.59 Å². The number of aliphatic hydroxyl groups is 1. The minimum Gasteiger partial charge on any atom is -0.453 e. The van der Waals surface area contributed by atoms with E-state index in [1.54, 1.807) is 4.90 Å². The van der Waals surface area contributed by atoms with Crippen molar-refractivity contribution in [1.29, 1.82) is 0 Å². The summed E-state index contributed by atoms with van der Waals surface area (Å²) >= 11 is 0.